The molecular weight excluding hydrogens is 260 g/mol. The van der Waals surface area contributed by atoms with Gasteiger partial charge in [0, 0.05) is 0 Å². The number of benzene rings is 1. The fraction of sp³-hybridized carbons (Fsp3) is 0.214. The van der Waals surface area contributed by atoms with Crippen molar-refractivity contribution in [3.05, 3.63) is 42.1 Å². The molecule has 0 spiro atoms. The molecule has 1 aromatic carbocycles. The summed E-state index contributed by atoms with van der Waals surface area (Å²) >= 11 is 0. The second-order valence-corrected chi connectivity index (χ2v) is 4.13. The van der Waals surface area contributed by atoms with E-state index in [1.165, 1.54) is 0 Å². The van der Waals surface area contributed by atoms with Crippen molar-refractivity contribution in [1.29, 1.82) is 0 Å². The molecule has 0 aliphatic carbocycles. The average Bonchev–Trinajstić information content (AvgIpc) is 2.72. The Labute approximate surface area is 116 Å². The van der Waals surface area contributed by atoms with Gasteiger partial charge >= 0.3 is 12.0 Å². The first-order valence-electron chi connectivity index (χ1n) is 6.22. The first-order valence-corrected chi connectivity index (χ1v) is 6.22. The number of imide groups is 1. The molecule has 1 fully saturated rings. The molecule has 3 amide bonds. The van der Waals surface area contributed by atoms with Crippen LogP contribution >= 0.6 is 0 Å². The van der Waals surface area contributed by atoms with Crippen molar-refractivity contribution in [3.8, 4) is 0 Å². The smallest absolute Gasteiger partial charge is 0.333 e. The number of urea groups is 1. The molecule has 1 aliphatic heterocycles. The molecule has 0 bridgehead atoms. The van der Waals surface area contributed by atoms with Crippen LogP contribution in [0.2, 0.25) is 0 Å². The number of anilines is 1. The third-order valence-electron chi connectivity index (χ3n) is 2.60. The molecule has 6 heteroatoms. The van der Waals surface area contributed by atoms with Gasteiger partial charge in [0.2, 0.25) is 0 Å². The Morgan fingerprint density at radius 3 is 2.65 bits per heavy atom. The van der Waals surface area contributed by atoms with Crippen LogP contribution in [0.15, 0.2) is 42.1 Å². The summed E-state index contributed by atoms with van der Waals surface area (Å²) in [5, 5.41) is 2.36. The zero-order valence-electron chi connectivity index (χ0n) is 11.0. The number of rotatable bonds is 4. The van der Waals surface area contributed by atoms with Crippen LogP contribution in [0.4, 0.5) is 10.5 Å². The number of hydrogen-bond acceptors (Lipinski definition) is 4. The minimum absolute atomic E-state index is 0.0834. The summed E-state index contributed by atoms with van der Waals surface area (Å²) in [5.41, 5.74) is 0.361. The Morgan fingerprint density at radius 2 is 2.00 bits per heavy atom. The molecule has 2 rings (SSSR count). The number of amides is 3. The van der Waals surface area contributed by atoms with Crippen molar-refractivity contribution >= 4 is 23.6 Å². The van der Waals surface area contributed by atoms with Crippen molar-refractivity contribution in [2.45, 2.75) is 13.3 Å². The van der Waals surface area contributed by atoms with E-state index in [-0.39, 0.29) is 12.3 Å². The molecule has 0 atom stereocenters. The van der Waals surface area contributed by atoms with E-state index in [0.717, 1.165) is 11.0 Å². The number of carbonyl (C=O) groups excluding carboxylic acids is 3. The van der Waals surface area contributed by atoms with Crippen LogP contribution in [-0.2, 0) is 14.3 Å². The molecule has 1 N–H and O–H groups in total. The van der Waals surface area contributed by atoms with Gasteiger partial charge in [-0.15, -0.1) is 0 Å². The van der Waals surface area contributed by atoms with Crippen LogP contribution in [0.5, 0.6) is 0 Å². The van der Waals surface area contributed by atoms with Gasteiger partial charge in [-0.25, -0.2) is 14.5 Å². The van der Waals surface area contributed by atoms with Gasteiger partial charge < -0.3 is 10.1 Å². The van der Waals surface area contributed by atoms with E-state index in [1.807, 2.05) is 6.92 Å². The van der Waals surface area contributed by atoms with Crippen LogP contribution in [0.3, 0.4) is 0 Å². The number of carbonyl (C=O) groups is 3. The van der Waals surface area contributed by atoms with Gasteiger partial charge in [-0.2, -0.15) is 0 Å². The second kappa shape index (κ2) is 6.01. The summed E-state index contributed by atoms with van der Waals surface area (Å²) < 4.78 is 4.84. The first kappa shape index (κ1) is 13.8. The Morgan fingerprint density at radius 1 is 1.30 bits per heavy atom. The molecule has 0 saturated carbocycles. The van der Waals surface area contributed by atoms with Crippen molar-refractivity contribution in [1.82, 2.24) is 5.32 Å². The maximum absolute atomic E-state index is 12.1. The first-order chi connectivity index (χ1) is 9.63. The number of para-hydroxylation sites is 1. The summed E-state index contributed by atoms with van der Waals surface area (Å²) in [4.78, 5) is 36.3. The van der Waals surface area contributed by atoms with Gasteiger partial charge in [0.25, 0.3) is 5.91 Å². The van der Waals surface area contributed by atoms with Gasteiger partial charge in [0.1, 0.15) is 5.70 Å². The van der Waals surface area contributed by atoms with Gasteiger partial charge in [-0.3, -0.25) is 4.79 Å². The van der Waals surface area contributed by atoms with Crippen LogP contribution < -0.4 is 10.2 Å². The topological polar surface area (TPSA) is 75.7 Å². The van der Waals surface area contributed by atoms with Crippen LogP contribution in [0.25, 0.3) is 0 Å². The van der Waals surface area contributed by atoms with E-state index in [0.29, 0.717) is 12.1 Å². The molecule has 20 heavy (non-hydrogen) atoms. The predicted molar refractivity (Wildman–Crippen MR) is 71.8 cm³/mol. The summed E-state index contributed by atoms with van der Waals surface area (Å²) in [6, 6.07) is 7.89. The monoisotopic (exact) mass is 274 g/mol. The molecule has 104 valence electrons. The summed E-state index contributed by atoms with van der Waals surface area (Å²) in [6.45, 7) is 2.13. The minimum atomic E-state index is -0.648. The molecule has 0 unspecified atom stereocenters. The highest BCUT2D eigenvalue weighted by atomic mass is 16.5. The van der Waals surface area contributed by atoms with E-state index in [1.54, 1.807) is 30.3 Å². The maximum Gasteiger partial charge on any atom is 0.333 e. The molecule has 1 heterocycles. The maximum atomic E-state index is 12.1. The van der Waals surface area contributed by atoms with E-state index < -0.39 is 17.9 Å². The van der Waals surface area contributed by atoms with Crippen LogP contribution in [0, 0.1) is 0 Å². The summed E-state index contributed by atoms with van der Waals surface area (Å²) in [6.07, 6.45) is 1.68. The van der Waals surface area contributed by atoms with Gasteiger partial charge in [0.05, 0.1) is 18.4 Å². The zero-order valence-corrected chi connectivity index (χ0v) is 11.0. The lowest BCUT2D eigenvalue weighted by atomic mass is 10.3. The quantitative estimate of drug-likeness (QED) is 0.514. The predicted octanol–water partition coefficient (Wildman–Crippen LogP) is 1.58. The third-order valence-corrected chi connectivity index (χ3v) is 2.60. The van der Waals surface area contributed by atoms with Gasteiger partial charge in [-0.1, -0.05) is 25.1 Å². The van der Waals surface area contributed by atoms with E-state index in [9.17, 15) is 14.4 Å². The summed E-state index contributed by atoms with van der Waals surface area (Å²) in [7, 11) is 0. The normalized spacial score (nSPS) is 16.4. The fourth-order valence-electron chi connectivity index (χ4n) is 1.71. The standard InChI is InChI=1S/C14H14N2O4/c1-2-8-20-12(17)9-11-13(18)16(14(19)15-11)10-6-4-3-5-7-10/h3-7,9H,2,8H2,1H3,(H,15,19)/b11-9-. The highest BCUT2D eigenvalue weighted by Gasteiger charge is 2.35. The molecule has 0 radical (unpaired) electrons. The van der Waals surface area contributed by atoms with Crippen molar-refractivity contribution in [3.63, 3.8) is 0 Å². The Bertz CT molecular complexity index is 566. The van der Waals surface area contributed by atoms with Crippen molar-refractivity contribution in [2.24, 2.45) is 0 Å². The number of hydrogen-bond donors (Lipinski definition) is 1. The van der Waals surface area contributed by atoms with Crippen LogP contribution in [0.1, 0.15) is 13.3 Å². The third kappa shape index (κ3) is 2.85. The lowest BCUT2D eigenvalue weighted by Crippen LogP contribution is -2.30. The summed E-state index contributed by atoms with van der Waals surface area (Å²) in [5.74, 6) is -1.22. The molecule has 1 aliphatic rings. The molecule has 1 aromatic rings. The van der Waals surface area contributed by atoms with E-state index in [2.05, 4.69) is 5.32 Å². The largest absolute Gasteiger partial charge is 0.462 e. The lowest BCUT2D eigenvalue weighted by molar-refractivity contribution is -0.138. The van der Waals surface area contributed by atoms with Crippen molar-refractivity contribution < 1.29 is 19.1 Å². The lowest BCUT2D eigenvalue weighted by Gasteiger charge is -2.10. The molecule has 1 saturated heterocycles. The fourth-order valence-corrected chi connectivity index (χ4v) is 1.71. The number of nitrogens with one attached hydrogen (secondary N) is 1. The number of ether oxygens (including phenoxy) is 1. The van der Waals surface area contributed by atoms with Gasteiger partial charge in [0.15, 0.2) is 0 Å². The molecule has 0 aromatic heterocycles. The Hall–Kier alpha value is -2.63. The SMILES string of the molecule is CCCOC(=O)/C=C1\NC(=O)N(c2ccccc2)C1=O. The highest BCUT2D eigenvalue weighted by molar-refractivity contribution is 6.27. The Balaban J connectivity index is 2.17. The second-order valence-electron chi connectivity index (χ2n) is 4.13. The average molecular weight is 274 g/mol. The zero-order chi connectivity index (χ0) is 14.5. The minimum Gasteiger partial charge on any atom is -0.462 e. The molecule has 6 nitrogen and oxygen atoms in total. The highest BCUT2D eigenvalue weighted by Crippen LogP contribution is 2.20. The van der Waals surface area contributed by atoms with Gasteiger partial charge in [-0.05, 0) is 18.6 Å². The van der Waals surface area contributed by atoms with Crippen LogP contribution in [-0.4, -0.2) is 24.5 Å². The van der Waals surface area contributed by atoms with E-state index >= 15 is 0 Å². The number of nitrogens with zero attached hydrogens (tertiary/aromatic N) is 1. The van der Waals surface area contributed by atoms with E-state index in [4.69, 9.17) is 4.74 Å². The number of esters is 1. The Kier molecular flexibility index (Phi) is 4.14. The molecular formula is C14H14N2O4. The van der Waals surface area contributed by atoms with Crippen molar-refractivity contribution in [2.75, 3.05) is 11.5 Å².